The molecule has 0 radical (unpaired) electrons. The van der Waals surface area contributed by atoms with Crippen molar-refractivity contribution in [3.63, 3.8) is 0 Å². The number of rotatable bonds is 6. The van der Waals surface area contributed by atoms with Crippen LogP contribution in [0, 0.1) is 11.8 Å². The fourth-order valence-corrected chi connectivity index (χ4v) is 3.28. The van der Waals surface area contributed by atoms with Gasteiger partial charge in [-0.1, -0.05) is 38.0 Å². The highest BCUT2D eigenvalue weighted by Gasteiger charge is 2.25. The van der Waals surface area contributed by atoms with E-state index >= 15 is 0 Å². The first kappa shape index (κ1) is 14.4. The van der Waals surface area contributed by atoms with Crippen LogP contribution in [0.2, 0.25) is 0 Å². The lowest BCUT2D eigenvalue weighted by molar-refractivity contribution is 0.196. The molecule has 0 amide bonds. The molecule has 3 unspecified atom stereocenters. The summed E-state index contributed by atoms with van der Waals surface area (Å²) in [5.41, 5.74) is 0. The Morgan fingerprint density at radius 3 is 2.74 bits per heavy atom. The average Bonchev–Trinajstić information content (AvgIpc) is 2.45. The van der Waals surface area contributed by atoms with Crippen LogP contribution < -0.4 is 10.1 Å². The Morgan fingerprint density at radius 2 is 2.05 bits per heavy atom. The van der Waals surface area contributed by atoms with E-state index in [1.54, 1.807) is 0 Å². The van der Waals surface area contributed by atoms with Crippen LogP contribution in [0.5, 0.6) is 5.75 Å². The molecule has 1 aliphatic carbocycles. The van der Waals surface area contributed by atoms with Crippen molar-refractivity contribution in [3.8, 4) is 5.75 Å². The van der Waals surface area contributed by atoms with E-state index in [2.05, 4.69) is 19.3 Å². The molecule has 1 fully saturated rings. The largest absolute Gasteiger partial charge is 0.494 e. The van der Waals surface area contributed by atoms with Crippen molar-refractivity contribution in [2.75, 3.05) is 13.7 Å². The second-order valence-corrected chi connectivity index (χ2v) is 5.88. The SMILES string of the molecule is CNC(CCOc1ccccc1)C1CCCC(C)C1. The van der Waals surface area contributed by atoms with Gasteiger partial charge in [0.25, 0.3) is 0 Å². The highest BCUT2D eigenvalue weighted by molar-refractivity contribution is 5.20. The maximum atomic E-state index is 5.82. The quantitative estimate of drug-likeness (QED) is 0.839. The van der Waals surface area contributed by atoms with Crippen LogP contribution in [0.15, 0.2) is 30.3 Å². The highest BCUT2D eigenvalue weighted by Crippen LogP contribution is 2.31. The fraction of sp³-hybridized carbons (Fsp3) is 0.647. The molecule has 2 nitrogen and oxygen atoms in total. The predicted octanol–water partition coefficient (Wildman–Crippen LogP) is 3.87. The molecule has 1 aliphatic rings. The van der Waals surface area contributed by atoms with E-state index in [0.717, 1.165) is 30.6 Å². The molecule has 1 N–H and O–H groups in total. The zero-order valence-corrected chi connectivity index (χ0v) is 12.3. The lowest BCUT2D eigenvalue weighted by Crippen LogP contribution is -2.37. The van der Waals surface area contributed by atoms with Crippen molar-refractivity contribution in [2.24, 2.45) is 11.8 Å². The van der Waals surface area contributed by atoms with E-state index in [0.29, 0.717) is 6.04 Å². The lowest BCUT2D eigenvalue weighted by atomic mass is 9.78. The van der Waals surface area contributed by atoms with E-state index in [1.165, 1.54) is 25.7 Å². The van der Waals surface area contributed by atoms with Crippen LogP contribution in [0.3, 0.4) is 0 Å². The topological polar surface area (TPSA) is 21.3 Å². The van der Waals surface area contributed by atoms with Gasteiger partial charge in [-0.3, -0.25) is 0 Å². The van der Waals surface area contributed by atoms with Gasteiger partial charge >= 0.3 is 0 Å². The van der Waals surface area contributed by atoms with Gasteiger partial charge in [-0.25, -0.2) is 0 Å². The van der Waals surface area contributed by atoms with Crippen LogP contribution >= 0.6 is 0 Å². The summed E-state index contributed by atoms with van der Waals surface area (Å²) in [6.45, 7) is 3.19. The maximum Gasteiger partial charge on any atom is 0.119 e. The monoisotopic (exact) mass is 261 g/mol. The van der Waals surface area contributed by atoms with Gasteiger partial charge in [0.05, 0.1) is 6.61 Å². The minimum Gasteiger partial charge on any atom is -0.494 e. The normalized spacial score (nSPS) is 24.9. The van der Waals surface area contributed by atoms with Crippen molar-refractivity contribution >= 4 is 0 Å². The first-order valence-corrected chi connectivity index (χ1v) is 7.64. The maximum absolute atomic E-state index is 5.82. The zero-order chi connectivity index (χ0) is 13.5. The summed E-state index contributed by atoms with van der Waals surface area (Å²) in [5, 5.41) is 3.50. The van der Waals surface area contributed by atoms with Gasteiger partial charge in [-0.05, 0) is 50.3 Å². The van der Waals surface area contributed by atoms with Crippen LogP contribution in [0.1, 0.15) is 39.0 Å². The molecule has 0 spiro atoms. The number of para-hydroxylation sites is 1. The molecule has 1 aromatic rings. The van der Waals surface area contributed by atoms with Gasteiger partial charge in [0, 0.05) is 6.04 Å². The number of hydrogen-bond acceptors (Lipinski definition) is 2. The number of ether oxygens (including phenoxy) is 1. The molecular weight excluding hydrogens is 234 g/mol. The Morgan fingerprint density at radius 1 is 1.26 bits per heavy atom. The zero-order valence-electron chi connectivity index (χ0n) is 12.3. The van der Waals surface area contributed by atoms with Gasteiger partial charge in [-0.15, -0.1) is 0 Å². The first-order valence-electron chi connectivity index (χ1n) is 7.64. The summed E-state index contributed by atoms with van der Waals surface area (Å²) in [4.78, 5) is 0. The smallest absolute Gasteiger partial charge is 0.119 e. The van der Waals surface area contributed by atoms with Crippen LogP contribution in [-0.2, 0) is 0 Å². The van der Waals surface area contributed by atoms with E-state index in [-0.39, 0.29) is 0 Å². The molecule has 2 rings (SSSR count). The molecule has 3 atom stereocenters. The molecule has 0 aliphatic heterocycles. The van der Waals surface area contributed by atoms with E-state index in [4.69, 9.17) is 4.74 Å². The van der Waals surface area contributed by atoms with Crippen molar-refractivity contribution in [1.29, 1.82) is 0 Å². The van der Waals surface area contributed by atoms with Gasteiger partial charge in [0.1, 0.15) is 5.75 Å². The first-order chi connectivity index (χ1) is 9.29. The Hall–Kier alpha value is -1.02. The van der Waals surface area contributed by atoms with Crippen LogP contribution in [0.25, 0.3) is 0 Å². The molecule has 0 aromatic heterocycles. The summed E-state index contributed by atoms with van der Waals surface area (Å²) in [6, 6.07) is 10.7. The van der Waals surface area contributed by atoms with E-state index < -0.39 is 0 Å². The second kappa shape index (κ2) is 7.54. The third-order valence-electron chi connectivity index (χ3n) is 4.36. The molecule has 2 heteroatoms. The molecular formula is C17H27NO. The van der Waals surface area contributed by atoms with Crippen molar-refractivity contribution in [2.45, 2.75) is 45.1 Å². The minimum atomic E-state index is 0.603. The van der Waals surface area contributed by atoms with Crippen LogP contribution in [0.4, 0.5) is 0 Å². The third kappa shape index (κ3) is 4.54. The Labute approximate surface area is 117 Å². The molecule has 0 saturated heterocycles. The van der Waals surface area contributed by atoms with Crippen molar-refractivity contribution < 1.29 is 4.74 Å². The summed E-state index contributed by atoms with van der Waals surface area (Å²) in [5.74, 6) is 2.70. The van der Waals surface area contributed by atoms with Crippen molar-refractivity contribution in [1.82, 2.24) is 5.32 Å². The summed E-state index contributed by atoms with van der Waals surface area (Å²) in [7, 11) is 2.09. The van der Waals surface area contributed by atoms with Crippen molar-refractivity contribution in [3.05, 3.63) is 30.3 Å². The highest BCUT2D eigenvalue weighted by atomic mass is 16.5. The second-order valence-electron chi connectivity index (χ2n) is 5.88. The molecule has 1 aromatic carbocycles. The number of benzene rings is 1. The van der Waals surface area contributed by atoms with Gasteiger partial charge in [0.2, 0.25) is 0 Å². The predicted molar refractivity (Wildman–Crippen MR) is 80.5 cm³/mol. The van der Waals surface area contributed by atoms with Gasteiger partial charge in [-0.2, -0.15) is 0 Å². The fourth-order valence-electron chi connectivity index (χ4n) is 3.28. The van der Waals surface area contributed by atoms with Gasteiger partial charge in [0.15, 0.2) is 0 Å². The molecule has 0 heterocycles. The Balaban J connectivity index is 1.76. The number of hydrogen-bond donors (Lipinski definition) is 1. The third-order valence-corrected chi connectivity index (χ3v) is 4.36. The summed E-state index contributed by atoms with van der Waals surface area (Å²) in [6.07, 6.45) is 6.65. The molecule has 106 valence electrons. The minimum absolute atomic E-state index is 0.603. The Kier molecular flexibility index (Phi) is 5.71. The molecule has 19 heavy (non-hydrogen) atoms. The van der Waals surface area contributed by atoms with Gasteiger partial charge < -0.3 is 10.1 Å². The molecule has 1 saturated carbocycles. The summed E-state index contributed by atoms with van der Waals surface area (Å²) < 4.78 is 5.82. The van der Waals surface area contributed by atoms with E-state index in [1.807, 2.05) is 30.3 Å². The Bertz CT molecular complexity index is 352. The summed E-state index contributed by atoms with van der Waals surface area (Å²) >= 11 is 0. The molecule has 0 bridgehead atoms. The van der Waals surface area contributed by atoms with E-state index in [9.17, 15) is 0 Å². The number of nitrogens with one attached hydrogen (secondary N) is 1. The standard InChI is InChI=1S/C17H27NO/c1-14-7-6-8-15(13-14)17(18-2)11-12-19-16-9-4-3-5-10-16/h3-5,9-10,14-15,17-18H,6-8,11-13H2,1-2H3. The lowest BCUT2D eigenvalue weighted by Gasteiger charge is -2.33. The van der Waals surface area contributed by atoms with Crippen LogP contribution in [-0.4, -0.2) is 19.7 Å². The average molecular weight is 261 g/mol.